The molecule has 0 aliphatic heterocycles. The lowest BCUT2D eigenvalue weighted by Crippen LogP contribution is -2.74. The van der Waals surface area contributed by atoms with E-state index in [9.17, 15) is 159 Å². The minimum Gasteiger partial charge on any atom is -0.338 e. The number of nitrogens with zero attached hydrogens (tertiary/aromatic N) is 2. The third kappa shape index (κ3) is 17.8. The van der Waals surface area contributed by atoms with Gasteiger partial charge in [0, 0.05) is 25.9 Å². The number of hydrogen-bond acceptors (Lipinski definition) is 4. The van der Waals surface area contributed by atoms with Crippen LogP contribution in [0.5, 0.6) is 0 Å². The predicted octanol–water partition coefficient (Wildman–Crippen LogP) is 14.3. The summed E-state index contributed by atoms with van der Waals surface area (Å²) in [6.07, 6.45) is -18.3. The average molecular weight is 1390 g/mol. The zero-order valence-corrected chi connectivity index (χ0v) is 46.2. The Morgan fingerprint density at radius 3 is 0.744 bits per heavy atom. The van der Waals surface area contributed by atoms with Gasteiger partial charge < -0.3 is 30.2 Å². The summed E-state index contributed by atoms with van der Waals surface area (Å²) in [7, 11) is 7.26. The molecule has 0 saturated heterocycles. The van der Waals surface area contributed by atoms with E-state index in [1.54, 1.807) is 0 Å². The molecule has 44 heteroatoms. The van der Waals surface area contributed by atoms with E-state index in [1.165, 1.54) is 0 Å². The van der Waals surface area contributed by atoms with Gasteiger partial charge in [-0.05, 0) is 61.5 Å². The van der Waals surface area contributed by atoms with Crippen molar-refractivity contribution in [2.45, 2.75) is 147 Å². The summed E-state index contributed by atoms with van der Waals surface area (Å²) < 4.78 is 458. The molecule has 514 valence electrons. The highest BCUT2D eigenvalue weighted by Gasteiger charge is 2.97. The summed E-state index contributed by atoms with van der Waals surface area (Å²) in [5.41, 5.74) is 0. The van der Waals surface area contributed by atoms with Gasteiger partial charge in [0.1, 0.15) is 0 Å². The Labute approximate surface area is 474 Å². The molecule has 0 fully saturated rings. The molecule has 8 nitrogen and oxygen atoms in total. The van der Waals surface area contributed by atoms with Crippen molar-refractivity contribution in [3.63, 3.8) is 0 Å². The molecule has 0 atom stereocenters. The largest absolute Gasteiger partial charge is 0.460 e. The van der Waals surface area contributed by atoms with Crippen LogP contribution in [0.15, 0.2) is 0 Å². The first-order valence-corrected chi connectivity index (χ1v) is 26.5. The van der Waals surface area contributed by atoms with Gasteiger partial charge in [-0.3, -0.25) is 0 Å². The predicted molar refractivity (Wildman–Crippen MR) is 239 cm³/mol. The van der Waals surface area contributed by atoms with Gasteiger partial charge in [-0.2, -0.15) is 173 Å². The number of quaternary nitrogens is 2. The molecule has 0 aromatic rings. The first-order valence-electron chi connectivity index (χ1n) is 24.2. The Hall–Kier alpha value is -3.22. The van der Waals surface area contributed by atoms with Crippen LogP contribution in [-0.4, -0.2) is 220 Å². The number of thioether (sulfide) groups is 2. The van der Waals surface area contributed by atoms with Crippen molar-refractivity contribution in [3.05, 3.63) is 0 Å². The number of hydrogen-bond donors (Lipinski definition) is 4. The van der Waals surface area contributed by atoms with E-state index >= 15 is 0 Å². The summed E-state index contributed by atoms with van der Waals surface area (Å²) in [5.74, 6) is -117. The third-order valence-electron chi connectivity index (χ3n) is 12.5. The molecule has 4 N–H and O–H groups in total. The smallest absolute Gasteiger partial charge is 0.338 e. The van der Waals surface area contributed by atoms with Gasteiger partial charge in [0.15, 0.2) is 0 Å². The Morgan fingerprint density at radius 2 is 0.500 bits per heavy atom. The highest BCUT2D eigenvalue weighted by molar-refractivity contribution is 7.99. The molecule has 0 bridgehead atoms. The number of nitrogens with one attached hydrogen (secondary N) is 4. The molecule has 0 aliphatic carbocycles. The molecule has 0 rings (SSSR count). The van der Waals surface area contributed by atoms with Gasteiger partial charge in [-0.1, -0.05) is 0 Å². The van der Waals surface area contributed by atoms with Gasteiger partial charge in [0.05, 0.1) is 67.5 Å². The summed E-state index contributed by atoms with van der Waals surface area (Å²) in [4.78, 5) is 24.2. The molecular formula is C42H56F34N6O2S2+2. The first kappa shape index (κ1) is 82.8. The van der Waals surface area contributed by atoms with Crippen molar-refractivity contribution in [2.75, 3.05) is 104 Å². The fourth-order valence-electron chi connectivity index (χ4n) is 6.79. The van der Waals surface area contributed by atoms with Gasteiger partial charge in [0.2, 0.25) is 0 Å². The molecule has 4 amide bonds. The number of carbonyl (C=O) groups is 2. The van der Waals surface area contributed by atoms with E-state index in [2.05, 4.69) is 21.3 Å². The number of likely N-dealkylation sites (N-methyl/N-ethyl adjacent to an activating group) is 2. The van der Waals surface area contributed by atoms with Crippen molar-refractivity contribution >= 4 is 35.6 Å². The Balaban J connectivity index is 4.65. The van der Waals surface area contributed by atoms with Crippen molar-refractivity contribution in [1.29, 1.82) is 0 Å². The first-order chi connectivity index (χ1) is 37.9. The maximum atomic E-state index is 14.1. The lowest BCUT2D eigenvalue weighted by Gasteiger charge is -2.42. The van der Waals surface area contributed by atoms with Crippen molar-refractivity contribution < 1.29 is 168 Å². The Bertz CT molecular complexity index is 2000. The number of alkyl halides is 34. The molecule has 0 radical (unpaired) electrons. The fraction of sp³-hybridized carbons (Fsp3) is 0.952. The molecular weight excluding hydrogens is 1330 g/mol. The zero-order chi connectivity index (χ0) is 68.5. The summed E-state index contributed by atoms with van der Waals surface area (Å²) in [6.45, 7) is 1.63. The molecule has 0 spiro atoms. The normalized spacial score (nSPS) is 15.3. The van der Waals surface area contributed by atoms with E-state index in [0.717, 1.165) is 12.8 Å². The van der Waals surface area contributed by atoms with Crippen LogP contribution in [0.25, 0.3) is 0 Å². The number of carbonyl (C=O) groups excluding carboxylic acids is 2. The van der Waals surface area contributed by atoms with Crippen LogP contribution in [-0.2, 0) is 0 Å². The minimum absolute atomic E-state index is 0.0862. The monoisotopic (exact) mass is 1390 g/mol. The van der Waals surface area contributed by atoms with Crippen LogP contribution in [0.2, 0.25) is 0 Å². The quantitative estimate of drug-likeness (QED) is 0.0281. The summed E-state index contributed by atoms with van der Waals surface area (Å²) in [5, 5.41) is 9.55. The highest BCUT2D eigenvalue weighted by Crippen LogP contribution is 2.66. The number of urea groups is 2. The van der Waals surface area contributed by atoms with Crippen LogP contribution in [0.3, 0.4) is 0 Å². The number of rotatable bonds is 39. The molecule has 0 aliphatic rings. The third-order valence-corrected chi connectivity index (χ3v) is 14.6. The lowest BCUT2D eigenvalue weighted by molar-refractivity contribution is -0.890. The van der Waals surface area contributed by atoms with Crippen LogP contribution in [0.1, 0.15) is 51.4 Å². The number of amides is 4. The number of unbranched alkanes of at least 4 members (excludes halogenated alkanes) is 3. The summed E-state index contributed by atoms with van der Waals surface area (Å²) in [6, 6.07) is -1.55. The van der Waals surface area contributed by atoms with Gasteiger partial charge >= 0.3 is 107 Å². The van der Waals surface area contributed by atoms with Gasteiger partial charge in [-0.15, -0.1) is 0 Å². The van der Waals surface area contributed by atoms with E-state index in [-0.39, 0.29) is 74.1 Å². The average Bonchev–Trinajstić information content (AvgIpc) is 0.722. The van der Waals surface area contributed by atoms with E-state index in [4.69, 9.17) is 0 Å². The Kier molecular flexibility index (Phi) is 27.5. The van der Waals surface area contributed by atoms with Crippen LogP contribution in [0, 0.1) is 0 Å². The maximum Gasteiger partial charge on any atom is 0.460 e. The van der Waals surface area contributed by atoms with E-state index in [0.29, 0.717) is 48.0 Å². The standard InChI is InChI=1S/C42H54F34N6O2S2/c1-81(2,19-15-79-25(83)77-13-9-21-85-23-11-27(43,44)29(47,48)31(51,52)33(55,56)35(59,60)37(63,64)39(67,68)41(71,72)73)17-7-5-6-8-18-82(3,4)20-16-80-26(84)78-14-10-22-86-24-12-28(45,46)30(49,50)32(53,54)34(57,58)36(61,62)38(65,66)40(69,70)42(74,75)76/h5-24H2,1-4H3,(H2-2,77,78,79,80,83,84)/p+2. The molecule has 0 aromatic carbocycles. The minimum atomic E-state index is -8.71. The second-order valence-electron chi connectivity index (χ2n) is 20.3. The van der Waals surface area contributed by atoms with Crippen LogP contribution >= 0.6 is 23.5 Å². The molecule has 0 aromatic heterocycles. The molecule has 0 heterocycles. The topological polar surface area (TPSA) is 82.3 Å². The zero-order valence-electron chi connectivity index (χ0n) is 44.5. The lowest BCUT2D eigenvalue weighted by atomic mass is 9.88. The molecule has 0 unspecified atom stereocenters. The van der Waals surface area contributed by atoms with Crippen LogP contribution in [0.4, 0.5) is 159 Å². The second kappa shape index (κ2) is 28.5. The fourth-order valence-corrected chi connectivity index (χ4v) is 8.70. The van der Waals surface area contributed by atoms with Crippen LogP contribution < -0.4 is 21.3 Å². The van der Waals surface area contributed by atoms with Crippen molar-refractivity contribution in [3.8, 4) is 0 Å². The molecule has 86 heavy (non-hydrogen) atoms. The highest BCUT2D eigenvalue weighted by atomic mass is 32.2. The van der Waals surface area contributed by atoms with Gasteiger partial charge in [0.25, 0.3) is 0 Å². The van der Waals surface area contributed by atoms with Crippen molar-refractivity contribution in [2.24, 2.45) is 0 Å². The Morgan fingerprint density at radius 1 is 0.279 bits per heavy atom. The van der Waals surface area contributed by atoms with E-state index in [1.807, 2.05) is 28.2 Å². The SMILES string of the molecule is C[N+](C)(CCCCCC[N+](C)(C)CCNC(=O)NCCCSCCC(F)(F)C(F)(F)C(F)(F)C(F)(F)C(F)(F)C(F)(F)C(F)(F)C(F)(F)F)CCNC(=O)NCCCSCCC(F)(F)C(F)(F)C(F)(F)C(F)(F)C(F)(F)C(F)(F)C(F)(F)C(F)(F)F. The number of halogens is 34. The van der Waals surface area contributed by atoms with Crippen molar-refractivity contribution in [1.82, 2.24) is 21.3 Å². The van der Waals surface area contributed by atoms with Gasteiger partial charge in [-0.25, -0.2) is 9.59 Å². The molecule has 0 saturated carbocycles. The summed E-state index contributed by atoms with van der Waals surface area (Å²) >= 11 is 0.412. The van der Waals surface area contributed by atoms with E-state index < -0.39 is 132 Å². The second-order valence-corrected chi connectivity index (χ2v) is 22.7. The maximum absolute atomic E-state index is 14.1.